The van der Waals surface area contributed by atoms with E-state index in [2.05, 4.69) is 4.72 Å². The Balaban J connectivity index is 2.08. The highest BCUT2D eigenvalue weighted by Gasteiger charge is 2.24. The lowest BCUT2D eigenvalue weighted by molar-refractivity contribution is 0.105. The predicted molar refractivity (Wildman–Crippen MR) is 71.1 cm³/mol. The Labute approximate surface area is 122 Å². The maximum Gasteiger partial charge on any atom is 0.243 e. The van der Waals surface area contributed by atoms with Crippen molar-refractivity contribution in [3.8, 4) is 0 Å². The third-order valence-electron chi connectivity index (χ3n) is 3.38. The van der Waals surface area contributed by atoms with Crippen LogP contribution >= 0.6 is 0 Å². The lowest BCUT2D eigenvalue weighted by Gasteiger charge is -2.12. The fourth-order valence-electron chi connectivity index (χ4n) is 2.23. The van der Waals surface area contributed by atoms with Crippen molar-refractivity contribution < 1.29 is 27.0 Å². The second-order valence-electron chi connectivity index (χ2n) is 4.82. The molecule has 21 heavy (non-hydrogen) atoms. The average molecular weight is 321 g/mol. The molecule has 1 atom stereocenters. The number of aliphatic hydroxyl groups excluding tert-OH is 1. The van der Waals surface area contributed by atoms with Crippen molar-refractivity contribution in [2.75, 3.05) is 13.2 Å². The summed E-state index contributed by atoms with van der Waals surface area (Å²) in [5, 5.41) is 8.90. The molecular weight excluding hydrogens is 304 g/mol. The molecule has 0 aromatic heterocycles. The maximum atomic E-state index is 13.9. The molecule has 1 aromatic carbocycles. The van der Waals surface area contributed by atoms with Gasteiger partial charge in [0, 0.05) is 13.2 Å². The van der Waals surface area contributed by atoms with E-state index in [0.717, 1.165) is 25.0 Å². The number of ether oxygens (including phenoxy) is 1. The number of sulfonamides is 1. The Morgan fingerprint density at radius 2 is 2.14 bits per heavy atom. The largest absolute Gasteiger partial charge is 0.391 e. The highest BCUT2D eigenvalue weighted by molar-refractivity contribution is 7.89. The van der Waals surface area contributed by atoms with Crippen molar-refractivity contribution in [1.29, 1.82) is 0 Å². The Kier molecular flexibility index (Phi) is 5.26. The van der Waals surface area contributed by atoms with Gasteiger partial charge in [0.25, 0.3) is 0 Å². The van der Waals surface area contributed by atoms with E-state index in [-0.39, 0.29) is 12.6 Å². The van der Waals surface area contributed by atoms with Crippen molar-refractivity contribution in [1.82, 2.24) is 4.72 Å². The molecule has 1 unspecified atom stereocenters. The van der Waals surface area contributed by atoms with Crippen molar-refractivity contribution in [3.05, 3.63) is 29.3 Å². The highest BCUT2D eigenvalue weighted by Crippen LogP contribution is 2.21. The molecule has 1 fully saturated rings. The summed E-state index contributed by atoms with van der Waals surface area (Å²) in [7, 11) is -4.09. The zero-order chi connectivity index (χ0) is 15.5. The molecule has 1 heterocycles. The van der Waals surface area contributed by atoms with Gasteiger partial charge in [0.05, 0.1) is 18.3 Å². The van der Waals surface area contributed by atoms with Gasteiger partial charge < -0.3 is 9.84 Å². The van der Waals surface area contributed by atoms with E-state index >= 15 is 0 Å². The predicted octanol–water partition coefficient (Wildman–Crippen LogP) is 1.30. The Morgan fingerprint density at radius 1 is 1.38 bits per heavy atom. The topological polar surface area (TPSA) is 75.6 Å². The van der Waals surface area contributed by atoms with Crippen molar-refractivity contribution in [2.45, 2.75) is 36.9 Å². The number of hydrogen-bond donors (Lipinski definition) is 2. The van der Waals surface area contributed by atoms with E-state index in [1.54, 1.807) is 0 Å². The Morgan fingerprint density at radius 3 is 2.76 bits per heavy atom. The van der Waals surface area contributed by atoms with Crippen LogP contribution < -0.4 is 4.72 Å². The third kappa shape index (κ3) is 3.76. The van der Waals surface area contributed by atoms with Crippen LogP contribution in [0.1, 0.15) is 24.8 Å². The molecular formula is C13H17F2NO4S. The normalized spacial score (nSPS) is 19.1. The van der Waals surface area contributed by atoms with Crippen LogP contribution in [0.5, 0.6) is 0 Å². The van der Waals surface area contributed by atoms with Crippen molar-refractivity contribution >= 4 is 10.0 Å². The van der Waals surface area contributed by atoms with Crippen molar-refractivity contribution in [2.24, 2.45) is 0 Å². The van der Waals surface area contributed by atoms with Crippen LogP contribution in [0.4, 0.5) is 8.78 Å². The smallest absolute Gasteiger partial charge is 0.243 e. The number of rotatable bonds is 6. The van der Waals surface area contributed by atoms with Gasteiger partial charge in [-0.2, -0.15) is 0 Å². The lowest BCUT2D eigenvalue weighted by atomic mass is 10.2. The van der Waals surface area contributed by atoms with E-state index in [9.17, 15) is 17.2 Å². The first kappa shape index (κ1) is 16.3. The zero-order valence-electron chi connectivity index (χ0n) is 11.3. The molecule has 2 N–H and O–H groups in total. The van der Waals surface area contributed by atoms with E-state index in [1.165, 1.54) is 0 Å². The van der Waals surface area contributed by atoms with Gasteiger partial charge in [0.15, 0.2) is 5.82 Å². The molecule has 1 aliphatic heterocycles. The second kappa shape index (κ2) is 6.78. The SMILES string of the molecule is O=S(=O)(NCCC1CCCO1)c1ccc(F)c(CO)c1F. The van der Waals surface area contributed by atoms with Gasteiger partial charge in [0.2, 0.25) is 10.0 Å². The summed E-state index contributed by atoms with van der Waals surface area (Å²) in [4.78, 5) is -0.666. The van der Waals surface area contributed by atoms with Crippen LogP contribution in [-0.4, -0.2) is 32.8 Å². The fraction of sp³-hybridized carbons (Fsp3) is 0.538. The molecule has 8 heteroatoms. The van der Waals surface area contributed by atoms with Crippen LogP contribution in [-0.2, 0) is 21.4 Å². The number of benzene rings is 1. The minimum atomic E-state index is -4.09. The van der Waals surface area contributed by atoms with Gasteiger partial charge in [-0.1, -0.05) is 0 Å². The monoisotopic (exact) mass is 321 g/mol. The molecule has 118 valence electrons. The van der Waals surface area contributed by atoms with Crippen LogP contribution in [0.2, 0.25) is 0 Å². The summed E-state index contributed by atoms with van der Waals surface area (Å²) < 4.78 is 58.8. The van der Waals surface area contributed by atoms with Gasteiger partial charge in [-0.3, -0.25) is 0 Å². The van der Waals surface area contributed by atoms with E-state index in [1.807, 2.05) is 0 Å². The third-order valence-corrected chi connectivity index (χ3v) is 4.86. The molecule has 0 bridgehead atoms. The van der Waals surface area contributed by atoms with Crippen LogP contribution in [0.25, 0.3) is 0 Å². The highest BCUT2D eigenvalue weighted by atomic mass is 32.2. The second-order valence-corrected chi connectivity index (χ2v) is 6.55. The minimum Gasteiger partial charge on any atom is -0.391 e. The standard InChI is InChI=1S/C13H17F2NO4S/c14-11-3-4-12(13(15)10(11)8-17)21(18,19)16-6-5-9-2-1-7-20-9/h3-4,9,16-17H,1-2,5-8H2. The van der Waals surface area contributed by atoms with E-state index < -0.39 is 38.7 Å². The van der Waals surface area contributed by atoms with Gasteiger partial charge in [0.1, 0.15) is 10.7 Å². The first-order valence-electron chi connectivity index (χ1n) is 6.64. The van der Waals surface area contributed by atoms with Gasteiger partial charge in [-0.25, -0.2) is 21.9 Å². The lowest BCUT2D eigenvalue weighted by Crippen LogP contribution is -2.28. The van der Waals surface area contributed by atoms with Crippen molar-refractivity contribution in [3.63, 3.8) is 0 Å². The number of nitrogens with one attached hydrogen (secondary N) is 1. The zero-order valence-corrected chi connectivity index (χ0v) is 12.1. The van der Waals surface area contributed by atoms with E-state index in [4.69, 9.17) is 9.84 Å². The minimum absolute atomic E-state index is 0.0127. The number of hydrogen-bond acceptors (Lipinski definition) is 4. The quantitative estimate of drug-likeness (QED) is 0.828. The molecule has 2 rings (SSSR count). The molecule has 1 saturated heterocycles. The molecule has 0 saturated carbocycles. The van der Waals surface area contributed by atoms with Gasteiger partial charge in [-0.05, 0) is 31.4 Å². The average Bonchev–Trinajstić information content (AvgIpc) is 2.92. The molecule has 0 radical (unpaired) electrons. The summed E-state index contributed by atoms with van der Waals surface area (Å²) in [6.07, 6.45) is 2.33. The molecule has 1 aliphatic rings. The van der Waals surface area contributed by atoms with Crippen LogP contribution in [0.15, 0.2) is 17.0 Å². The van der Waals surface area contributed by atoms with E-state index in [0.29, 0.717) is 13.0 Å². The number of aliphatic hydroxyl groups is 1. The summed E-state index contributed by atoms with van der Waals surface area (Å²) in [5.74, 6) is -2.24. The summed E-state index contributed by atoms with van der Waals surface area (Å²) in [6.45, 7) is -0.126. The molecule has 5 nitrogen and oxygen atoms in total. The van der Waals surface area contributed by atoms with Gasteiger partial charge in [-0.15, -0.1) is 0 Å². The van der Waals surface area contributed by atoms with Gasteiger partial charge >= 0.3 is 0 Å². The van der Waals surface area contributed by atoms with Crippen LogP contribution in [0, 0.1) is 11.6 Å². The molecule has 1 aromatic rings. The number of halogens is 2. The molecule has 0 spiro atoms. The summed E-state index contributed by atoms with van der Waals surface area (Å²) in [6, 6.07) is 1.67. The fourth-order valence-corrected chi connectivity index (χ4v) is 3.38. The molecule has 0 amide bonds. The summed E-state index contributed by atoms with van der Waals surface area (Å²) in [5.41, 5.74) is -0.656. The summed E-state index contributed by atoms with van der Waals surface area (Å²) >= 11 is 0. The molecule has 0 aliphatic carbocycles. The Hall–Kier alpha value is -1.09. The first-order valence-corrected chi connectivity index (χ1v) is 8.13. The Bertz CT molecular complexity index is 600. The maximum absolute atomic E-state index is 13.9. The van der Waals surface area contributed by atoms with Crippen LogP contribution in [0.3, 0.4) is 0 Å². The first-order chi connectivity index (χ1) is 9.95.